The second-order valence-electron chi connectivity index (χ2n) is 6.39. The van der Waals surface area contributed by atoms with Gasteiger partial charge in [0.2, 0.25) is 0 Å². The highest BCUT2D eigenvalue weighted by molar-refractivity contribution is 7.21. The minimum absolute atomic E-state index is 0.0508. The molecule has 1 saturated heterocycles. The molecule has 1 aliphatic heterocycles. The first-order valence-electron chi connectivity index (χ1n) is 8.63. The lowest BCUT2D eigenvalue weighted by Gasteiger charge is -2.30. The van der Waals surface area contributed by atoms with Gasteiger partial charge in [-0.15, -0.1) is 11.3 Å². The smallest absolute Gasteiger partial charge is 0.266 e. The van der Waals surface area contributed by atoms with Gasteiger partial charge in [-0.25, -0.2) is 0 Å². The lowest BCUT2D eigenvalue weighted by Crippen LogP contribution is -2.34. The molecular formula is C20H19ClN2OS. The largest absolute Gasteiger partial charge is 0.331 e. The first-order chi connectivity index (χ1) is 12.3. The number of carbonyl (C=O) groups is 1. The number of amides is 1. The molecule has 5 heteroatoms. The summed E-state index contributed by atoms with van der Waals surface area (Å²) in [6, 6.07) is 12.1. The number of nitrogens with zero attached hydrogens (tertiary/aromatic N) is 2. The SMILES string of the molecule is O=C(c1sc2ccccc2c1Cl)N1CCCCCC1c1ccncc1. The molecule has 1 amide bonds. The molecule has 1 atom stereocenters. The Morgan fingerprint density at radius 2 is 1.92 bits per heavy atom. The van der Waals surface area contributed by atoms with E-state index in [0.29, 0.717) is 9.90 Å². The Labute approximate surface area is 156 Å². The van der Waals surface area contributed by atoms with Crippen molar-refractivity contribution in [1.82, 2.24) is 9.88 Å². The molecule has 0 saturated carbocycles. The van der Waals surface area contributed by atoms with Gasteiger partial charge in [0.25, 0.3) is 5.91 Å². The zero-order chi connectivity index (χ0) is 17.2. The summed E-state index contributed by atoms with van der Waals surface area (Å²) in [4.78, 5) is 20.1. The van der Waals surface area contributed by atoms with Gasteiger partial charge in [-0.3, -0.25) is 9.78 Å². The fraction of sp³-hybridized carbons (Fsp3) is 0.300. The van der Waals surface area contributed by atoms with Crippen molar-refractivity contribution in [3.05, 3.63) is 64.3 Å². The van der Waals surface area contributed by atoms with Crippen LogP contribution in [0.25, 0.3) is 10.1 Å². The van der Waals surface area contributed by atoms with Crippen LogP contribution in [0, 0.1) is 0 Å². The van der Waals surface area contributed by atoms with E-state index in [4.69, 9.17) is 11.6 Å². The molecule has 3 nitrogen and oxygen atoms in total. The molecule has 1 fully saturated rings. The van der Waals surface area contributed by atoms with Crippen molar-refractivity contribution < 1.29 is 4.79 Å². The molecule has 0 radical (unpaired) electrons. The molecule has 3 aromatic rings. The minimum atomic E-state index is 0.0508. The van der Waals surface area contributed by atoms with Crippen molar-refractivity contribution in [2.45, 2.75) is 31.7 Å². The van der Waals surface area contributed by atoms with E-state index in [9.17, 15) is 4.79 Å². The summed E-state index contributed by atoms with van der Waals surface area (Å²) in [7, 11) is 0. The van der Waals surface area contributed by atoms with Crippen molar-refractivity contribution in [3.63, 3.8) is 0 Å². The van der Waals surface area contributed by atoms with Crippen molar-refractivity contribution in [2.24, 2.45) is 0 Å². The van der Waals surface area contributed by atoms with Gasteiger partial charge in [-0.2, -0.15) is 0 Å². The van der Waals surface area contributed by atoms with E-state index in [1.54, 1.807) is 12.4 Å². The highest BCUT2D eigenvalue weighted by Crippen LogP contribution is 2.38. The summed E-state index contributed by atoms with van der Waals surface area (Å²) < 4.78 is 1.06. The molecule has 4 rings (SSSR count). The average molecular weight is 371 g/mol. The van der Waals surface area contributed by atoms with Crippen LogP contribution < -0.4 is 0 Å². The van der Waals surface area contributed by atoms with Gasteiger partial charge in [0, 0.05) is 29.0 Å². The first kappa shape index (κ1) is 16.6. The predicted octanol–water partition coefficient (Wildman–Crippen LogP) is 5.71. The van der Waals surface area contributed by atoms with E-state index >= 15 is 0 Å². The van der Waals surface area contributed by atoms with Gasteiger partial charge >= 0.3 is 0 Å². The summed E-state index contributed by atoms with van der Waals surface area (Å²) in [6.45, 7) is 0.774. The van der Waals surface area contributed by atoms with Gasteiger partial charge in [-0.1, -0.05) is 42.6 Å². The molecular weight excluding hydrogens is 352 g/mol. The molecule has 2 aromatic heterocycles. The lowest BCUT2D eigenvalue weighted by atomic mass is 10.0. The van der Waals surface area contributed by atoms with Crippen LogP contribution in [0.5, 0.6) is 0 Å². The molecule has 0 aliphatic carbocycles. The number of hydrogen-bond donors (Lipinski definition) is 0. The van der Waals surface area contributed by atoms with Crippen LogP contribution >= 0.6 is 22.9 Å². The van der Waals surface area contributed by atoms with Gasteiger partial charge in [0.1, 0.15) is 4.88 Å². The molecule has 1 unspecified atom stereocenters. The number of thiophene rings is 1. The quantitative estimate of drug-likeness (QED) is 0.579. The van der Waals surface area contributed by atoms with Crippen LogP contribution in [0.4, 0.5) is 0 Å². The van der Waals surface area contributed by atoms with E-state index in [0.717, 1.165) is 47.9 Å². The second kappa shape index (κ2) is 7.14. The van der Waals surface area contributed by atoms with Crippen molar-refractivity contribution in [3.8, 4) is 0 Å². The Morgan fingerprint density at radius 1 is 1.12 bits per heavy atom. The standard InChI is InChI=1S/C20H19ClN2OS/c21-18-15-6-3-4-8-17(15)25-19(18)20(24)23-13-5-1-2-7-16(23)14-9-11-22-12-10-14/h3-4,6,8-12,16H,1-2,5,7,13H2. The van der Waals surface area contributed by atoms with Crippen LogP contribution in [0.1, 0.15) is 47.0 Å². The van der Waals surface area contributed by atoms with E-state index in [-0.39, 0.29) is 11.9 Å². The monoisotopic (exact) mass is 370 g/mol. The molecule has 1 aromatic carbocycles. The first-order valence-corrected chi connectivity index (χ1v) is 9.83. The van der Waals surface area contributed by atoms with E-state index in [1.807, 2.05) is 41.3 Å². The molecule has 128 valence electrons. The van der Waals surface area contributed by atoms with Crippen molar-refractivity contribution >= 4 is 38.9 Å². The maximum absolute atomic E-state index is 13.4. The third-order valence-corrected chi connectivity index (χ3v) is 6.50. The second-order valence-corrected chi connectivity index (χ2v) is 7.82. The number of fused-ring (bicyclic) bond motifs is 1. The minimum Gasteiger partial charge on any atom is -0.331 e. The predicted molar refractivity (Wildman–Crippen MR) is 103 cm³/mol. The lowest BCUT2D eigenvalue weighted by molar-refractivity contribution is 0.0686. The summed E-state index contributed by atoms with van der Waals surface area (Å²) in [5.74, 6) is 0.0508. The van der Waals surface area contributed by atoms with Gasteiger partial charge in [0.15, 0.2) is 0 Å². The number of likely N-dealkylation sites (tertiary alicyclic amines) is 1. The summed E-state index contributed by atoms with van der Waals surface area (Å²) in [6.07, 6.45) is 7.92. The molecule has 0 bridgehead atoms. The number of carbonyl (C=O) groups excluding carboxylic acids is 1. The molecule has 3 heterocycles. The fourth-order valence-corrected chi connectivity index (χ4v) is 5.03. The molecule has 1 aliphatic rings. The maximum atomic E-state index is 13.4. The number of rotatable bonds is 2. The highest BCUT2D eigenvalue weighted by Gasteiger charge is 2.30. The van der Waals surface area contributed by atoms with E-state index in [1.165, 1.54) is 11.3 Å². The number of aromatic nitrogens is 1. The van der Waals surface area contributed by atoms with Gasteiger partial charge in [-0.05, 0) is 36.6 Å². The van der Waals surface area contributed by atoms with Crippen LogP contribution in [-0.4, -0.2) is 22.3 Å². The number of halogens is 1. The number of pyridine rings is 1. The van der Waals surface area contributed by atoms with Crippen molar-refractivity contribution in [1.29, 1.82) is 0 Å². The summed E-state index contributed by atoms with van der Waals surface area (Å²) in [5, 5.41) is 1.55. The van der Waals surface area contributed by atoms with E-state index in [2.05, 4.69) is 4.98 Å². The summed E-state index contributed by atoms with van der Waals surface area (Å²) in [5.41, 5.74) is 1.16. The highest BCUT2D eigenvalue weighted by atomic mass is 35.5. The fourth-order valence-electron chi connectivity index (χ4n) is 3.57. The Hall–Kier alpha value is -1.91. The van der Waals surface area contributed by atoms with E-state index < -0.39 is 0 Å². The molecule has 25 heavy (non-hydrogen) atoms. The zero-order valence-electron chi connectivity index (χ0n) is 13.8. The van der Waals surface area contributed by atoms with Crippen LogP contribution in [0.3, 0.4) is 0 Å². The van der Waals surface area contributed by atoms with Gasteiger partial charge in [0.05, 0.1) is 11.1 Å². The van der Waals surface area contributed by atoms with Gasteiger partial charge < -0.3 is 4.90 Å². The number of hydrogen-bond acceptors (Lipinski definition) is 3. The average Bonchev–Trinajstić information content (AvgIpc) is 2.84. The van der Waals surface area contributed by atoms with Crippen molar-refractivity contribution in [2.75, 3.05) is 6.54 Å². The van der Waals surface area contributed by atoms with Crippen LogP contribution in [0.2, 0.25) is 5.02 Å². The maximum Gasteiger partial charge on any atom is 0.266 e. The topological polar surface area (TPSA) is 33.2 Å². The van der Waals surface area contributed by atoms with Crippen LogP contribution in [-0.2, 0) is 0 Å². The Kier molecular flexibility index (Phi) is 4.73. The summed E-state index contributed by atoms with van der Waals surface area (Å²) >= 11 is 8.05. The third kappa shape index (κ3) is 3.16. The number of benzene rings is 1. The zero-order valence-corrected chi connectivity index (χ0v) is 15.4. The molecule has 0 spiro atoms. The Balaban J connectivity index is 1.73. The third-order valence-electron chi connectivity index (χ3n) is 4.83. The molecule has 0 N–H and O–H groups in total. The Bertz CT molecular complexity index is 893. The normalized spacial score (nSPS) is 18.3. The van der Waals surface area contributed by atoms with Crippen LogP contribution in [0.15, 0.2) is 48.8 Å². The Morgan fingerprint density at radius 3 is 2.72 bits per heavy atom.